The monoisotopic (exact) mass is 615 g/mol. The van der Waals surface area contributed by atoms with E-state index in [0.717, 1.165) is 38.6 Å². The van der Waals surface area contributed by atoms with Crippen molar-refractivity contribution in [3.8, 4) is 0 Å². The normalized spacial score (nSPS) is 45.5. The molecular weight excluding hydrogens is 554 g/mol. The predicted octanol–water partition coefficient (Wildman–Crippen LogP) is 6.89. The molecule has 2 N–H and O–H groups in total. The minimum atomic E-state index is -0.634. The zero-order valence-electron chi connectivity index (χ0n) is 29.3. The van der Waals surface area contributed by atoms with Crippen LogP contribution in [0.4, 0.5) is 0 Å². The first-order valence-corrected chi connectivity index (χ1v) is 17.5. The van der Waals surface area contributed by atoms with Gasteiger partial charge in [0.15, 0.2) is 0 Å². The second-order valence-corrected chi connectivity index (χ2v) is 17.1. The molecule has 0 amide bonds. The zero-order chi connectivity index (χ0) is 32.5. The highest BCUT2D eigenvalue weighted by molar-refractivity contribution is 5.73. The largest absolute Gasteiger partial charge is 0.481 e. The fourth-order valence-corrected chi connectivity index (χ4v) is 11.7. The maximum Gasteiger partial charge on any atom is 0.307 e. The van der Waals surface area contributed by atoms with E-state index in [1.54, 1.807) is 0 Å². The molecule has 7 heteroatoms. The van der Waals surface area contributed by atoms with Gasteiger partial charge in [-0.2, -0.15) is 0 Å². The molecule has 0 aromatic rings. The standard InChI is InChI=1S/C37H61NO6/c1-22(2)24(5)33(7)15-16-35(9)26-11-12-29-34(8)20-42-21-37(29,27(26)13-14-36(35,10)30(33)32(40)41)19-28(44-25(6)39)31(34)43-18-17-38-23(3)4/h13,22-24,26,28-31,38H,11-12,14-21H2,1-10H3,(H,40,41)/t24-,26+,28-,29?,30-,31+,33-,34-,35-,36+,37+/m1/s1. The van der Waals surface area contributed by atoms with Gasteiger partial charge in [-0.25, -0.2) is 0 Å². The summed E-state index contributed by atoms with van der Waals surface area (Å²) in [6, 6.07) is 0.378. The second-order valence-electron chi connectivity index (χ2n) is 17.1. The van der Waals surface area contributed by atoms with Gasteiger partial charge in [-0.3, -0.25) is 9.59 Å². The van der Waals surface area contributed by atoms with E-state index >= 15 is 0 Å². The lowest BCUT2D eigenvalue weighted by molar-refractivity contribution is -0.266. The average molecular weight is 616 g/mol. The van der Waals surface area contributed by atoms with Gasteiger partial charge < -0.3 is 24.6 Å². The summed E-state index contributed by atoms with van der Waals surface area (Å²) in [5, 5.41) is 14.4. The summed E-state index contributed by atoms with van der Waals surface area (Å²) >= 11 is 0. The van der Waals surface area contributed by atoms with E-state index in [4.69, 9.17) is 14.2 Å². The summed E-state index contributed by atoms with van der Waals surface area (Å²) in [5.74, 6) is 0.0741. The topological polar surface area (TPSA) is 94.1 Å². The van der Waals surface area contributed by atoms with Crippen LogP contribution in [-0.4, -0.2) is 61.7 Å². The molecule has 2 bridgehead atoms. The predicted molar refractivity (Wildman–Crippen MR) is 172 cm³/mol. The van der Waals surface area contributed by atoms with Crippen LogP contribution in [0.3, 0.4) is 0 Å². The first-order valence-electron chi connectivity index (χ1n) is 17.5. The number of fused-ring (bicyclic) bond motifs is 3. The lowest BCUT2D eigenvalue weighted by atomic mass is 9.34. The van der Waals surface area contributed by atoms with Crippen LogP contribution >= 0.6 is 0 Å². The highest BCUT2D eigenvalue weighted by Gasteiger charge is 2.72. The molecule has 1 unspecified atom stereocenters. The maximum atomic E-state index is 13.3. The number of carboxylic acid groups (broad SMARTS) is 1. The van der Waals surface area contributed by atoms with Gasteiger partial charge in [-0.05, 0) is 78.4 Å². The Labute approximate surface area is 266 Å². The number of rotatable bonds is 9. The molecule has 7 nitrogen and oxygen atoms in total. The van der Waals surface area contributed by atoms with E-state index in [-0.39, 0.29) is 51.2 Å². The molecule has 4 aliphatic carbocycles. The molecule has 0 spiro atoms. The van der Waals surface area contributed by atoms with Gasteiger partial charge in [0.2, 0.25) is 0 Å². The number of allylic oxidation sites excluding steroid dienone is 1. The van der Waals surface area contributed by atoms with Crippen LogP contribution in [0.15, 0.2) is 11.6 Å². The molecule has 11 atom stereocenters. The van der Waals surface area contributed by atoms with Crippen molar-refractivity contribution < 1.29 is 28.9 Å². The van der Waals surface area contributed by atoms with Gasteiger partial charge in [0, 0.05) is 30.3 Å². The Morgan fingerprint density at radius 3 is 2.36 bits per heavy atom. The van der Waals surface area contributed by atoms with Gasteiger partial charge in [0.1, 0.15) is 12.2 Å². The number of carboxylic acids is 1. The first kappa shape index (κ1) is 33.9. The third kappa shape index (κ3) is 4.92. The molecule has 3 saturated carbocycles. The lowest BCUT2D eigenvalue weighted by Gasteiger charge is -2.71. The van der Waals surface area contributed by atoms with Crippen molar-refractivity contribution in [2.75, 3.05) is 26.4 Å². The summed E-state index contributed by atoms with van der Waals surface area (Å²) in [5.41, 5.74) is 0.175. The Bertz CT molecular complexity index is 1150. The Hall–Kier alpha value is -1.44. The molecule has 1 aliphatic heterocycles. The molecule has 5 aliphatic rings. The van der Waals surface area contributed by atoms with Crippen LogP contribution in [0.2, 0.25) is 0 Å². The number of carbonyl (C=O) groups excluding carboxylic acids is 1. The molecule has 250 valence electrons. The van der Waals surface area contributed by atoms with Gasteiger partial charge in [0.05, 0.1) is 25.7 Å². The van der Waals surface area contributed by atoms with Crippen molar-refractivity contribution in [3.63, 3.8) is 0 Å². The summed E-state index contributed by atoms with van der Waals surface area (Å²) in [7, 11) is 0. The number of carbonyl (C=O) groups is 2. The van der Waals surface area contributed by atoms with E-state index in [2.05, 4.69) is 73.7 Å². The molecule has 1 saturated heterocycles. The summed E-state index contributed by atoms with van der Waals surface area (Å²) in [6.07, 6.45) is 7.42. The minimum Gasteiger partial charge on any atom is -0.481 e. The number of hydrogen-bond acceptors (Lipinski definition) is 6. The minimum absolute atomic E-state index is 0.142. The van der Waals surface area contributed by atoms with Crippen molar-refractivity contribution in [1.29, 1.82) is 0 Å². The smallest absolute Gasteiger partial charge is 0.307 e. The Morgan fingerprint density at radius 2 is 1.75 bits per heavy atom. The van der Waals surface area contributed by atoms with E-state index < -0.39 is 11.9 Å². The third-order valence-electron chi connectivity index (χ3n) is 14.3. The van der Waals surface area contributed by atoms with Crippen molar-refractivity contribution in [3.05, 3.63) is 11.6 Å². The molecule has 1 heterocycles. The number of nitrogens with one attached hydrogen (secondary N) is 1. The number of ether oxygens (including phenoxy) is 3. The van der Waals surface area contributed by atoms with Crippen molar-refractivity contribution in [2.24, 2.45) is 56.7 Å². The molecule has 5 rings (SSSR count). The highest BCUT2D eigenvalue weighted by atomic mass is 16.6. The fourth-order valence-electron chi connectivity index (χ4n) is 11.7. The fraction of sp³-hybridized carbons (Fsp3) is 0.892. The van der Waals surface area contributed by atoms with Crippen molar-refractivity contribution >= 4 is 11.9 Å². The maximum absolute atomic E-state index is 13.3. The Morgan fingerprint density at radius 1 is 1.05 bits per heavy atom. The third-order valence-corrected chi connectivity index (χ3v) is 14.3. The molecule has 0 aromatic carbocycles. The van der Waals surface area contributed by atoms with Gasteiger partial charge in [-0.15, -0.1) is 0 Å². The van der Waals surface area contributed by atoms with Gasteiger partial charge in [0.25, 0.3) is 0 Å². The molecule has 0 radical (unpaired) electrons. The average Bonchev–Trinajstić information content (AvgIpc) is 2.91. The van der Waals surface area contributed by atoms with E-state index in [1.165, 1.54) is 12.5 Å². The zero-order valence-corrected chi connectivity index (χ0v) is 29.3. The summed E-state index contributed by atoms with van der Waals surface area (Å²) in [6.45, 7) is 24.3. The van der Waals surface area contributed by atoms with E-state index in [1.807, 2.05) is 0 Å². The molecular formula is C37H61NO6. The van der Waals surface area contributed by atoms with Crippen LogP contribution in [0, 0.1) is 56.7 Å². The van der Waals surface area contributed by atoms with E-state index in [0.29, 0.717) is 50.0 Å². The van der Waals surface area contributed by atoms with Crippen LogP contribution in [0.25, 0.3) is 0 Å². The second kappa shape index (κ2) is 11.7. The molecule has 4 fully saturated rings. The van der Waals surface area contributed by atoms with Crippen LogP contribution < -0.4 is 5.32 Å². The Balaban J connectivity index is 1.55. The van der Waals surface area contributed by atoms with Crippen LogP contribution in [0.1, 0.15) is 108 Å². The van der Waals surface area contributed by atoms with Crippen molar-refractivity contribution in [2.45, 2.75) is 126 Å². The molecule has 0 aromatic heterocycles. The number of hydrogen-bond donors (Lipinski definition) is 2. The van der Waals surface area contributed by atoms with Crippen LogP contribution in [0.5, 0.6) is 0 Å². The summed E-state index contributed by atoms with van der Waals surface area (Å²) < 4.78 is 19.3. The number of esters is 1. The number of aliphatic carboxylic acids is 1. The first-order chi connectivity index (χ1) is 20.5. The van der Waals surface area contributed by atoms with Crippen LogP contribution in [-0.2, 0) is 23.8 Å². The van der Waals surface area contributed by atoms with Gasteiger partial charge in [-0.1, -0.05) is 74.0 Å². The quantitative estimate of drug-likeness (QED) is 0.166. The van der Waals surface area contributed by atoms with Gasteiger partial charge >= 0.3 is 11.9 Å². The van der Waals surface area contributed by atoms with Crippen molar-refractivity contribution in [1.82, 2.24) is 5.32 Å². The Kier molecular flexibility index (Phi) is 8.99. The molecule has 44 heavy (non-hydrogen) atoms. The van der Waals surface area contributed by atoms with E-state index in [9.17, 15) is 14.7 Å². The summed E-state index contributed by atoms with van der Waals surface area (Å²) in [4.78, 5) is 25.8. The highest BCUT2D eigenvalue weighted by Crippen LogP contribution is 2.75. The SMILES string of the molecule is CC(=O)O[C@@H]1C[C@@]23COC[C@](C)(C2CC[C@H]2C3=CC[C@@]3(C)[C@H](C(=O)O)[C@@](C)([C@H](C)C(C)C)CC[C@]23C)[C@H]1OCCNC(C)C. The lowest BCUT2D eigenvalue weighted by Crippen LogP contribution is -2.70.